The summed E-state index contributed by atoms with van der Waals surface area (Å²) in [5.74, 6) is 0. The second-order valence-electron chi connectivity index (χ2n) is 1.53. The van der Waals surface area contributed by atoms with Crippen LogP contribution in [0.15, 0.2) is 0 Å². The quantitative estimate of drug-likeness (QED) is 0.404. The lowest BCUT2D eigenvalue weighted by molar-refractivity contribution is 0.495. The zero-order chi connectivity index (χ0) is 5.70. The second-order valence-corrected chi connectivity index (χ2v) is 1.53. The third-order valence-electron chi connectivity index (χ3n) is 0.744. The molecule has 0 saturated heterocycles. The molecule has 0 aliphatic carbocycles. The first-order valence-electron chi connectivity index (χ1n) is 2.43. The van der Waals surface area contributed by atoms with Crippen LogP contribution in [0, 0.1) is 0 Å². The van der Waals surface area contributed by atoms with Gasteiger partial charge in [0.2, 0.25) is 0 Å². The summed E-state index contributed by atoms with van der Waals surface area (Å²) in [5, 5.41) is 0. The minimum absolute atomic E-state index is 0.366. The maximum Gasteiger partial charge on any atom is 0.0307 e. The van der Waals surface area contributed by atoms with Gasteiger partial charge in [-0.3, -0.25) is 10.9 Å². The predicted molar refractivity (Wildman–Crippen MR) is 30.7 cm³/mol. The Labute approximate surface area is 44.2 Å². The zero-order valence-corrected chi connectivity index (χ0v) is 4.86. The molecule has 0 bridgehead atoms. The summed E-state index contributed by atoms with van der Waals surface area (Å²) in [6, 6.07) is 0.366. The van der Waals surface area contributed by atoms with E-state index in [9.17, 15) is 0 Å². The van der Waals surface area contributed by atoms with Crippen molar-refractivity contribution < 1.29 is 0 Å². The molecule has 0 aromatic rings. The molecule has 0 rings (SSSR count). The van der Waals surface area contributed by atoms with Crippen molar-refractivity contribution in [3.05, 3.63) is 0 Å². The Kier molecular flexibility index (Phi) is 3.98. The average Bonchev–Trinajstić information content (AvgIpc) is 1.68. The van der Waals surface area contributed by atoms with E-state index in [0.29, 0.717) is 12.6 Å². The van der Waals surface area contributed by atoms with Crippen molar-refractivity contribution in [2.75, 3.05) is 13.6 Å². The van der Waals surface area contributed by atoms with E-state index in [-0.39, 0.29) is 0 Å². The molecule has 0 radical (unpaired) electrons. The van der Waals surface area contributed by atoms with E-state index in [0.717, 1.165) is 0 Å². The van der Waals surface area contributed by atoms with Gasteiger partial charge >= 0.3 is 0 Å². The molecule has 7 heavy (non-hydrogen) atoms. The summed E-state index contributed by atoms with van der Waals surface area (Å²) in [6.07, 6.45) is 0. The number of rotatable bonds is 3. The van der Waals surface area contributed by atoms with Gasteiger partial charge in [0.05, 0.1) is 0 Å². The number of hydrogen-bond donors (Lipinski definition) is 3. The normalized spacial score (nSPS) is 14.1. The van der Waals surface area contributed by atoms with Gasteiger partial charge in [-0.15, -0.1) is 0 Å². The van der Waals surface area contributed by atoms with Gasteiger partial charge in [-0.2, -0.15) is 0 Å². The van der Waals surface area contributed by atoms with Crippen molar-refractivity contribution in [3.8, 4) is 0 Å². The molecule has 1 atom stereocenters. The SMILES string of the molecule is CNN[C@@H](C)CN. The predicted octanol–water partition coefficient (Wildman–Crippen LogP) is -0.942. The van der Waals surface area contributed by atoms with Crippen molar-refractivity contribution in [2.24, 2.45) is 5.73 Å². The molecular formula is C4H13N3. The Hall–Kier alpha value is -0.120. The molecule has 0 spiro atoms. The lowest BCUT2D eigenvalue weighted by Crippen LogP contribution is -2.40. The van der Waals surface area contributed by atoms with Gasteiger partial charge in [0.1, 0.15) is 0 Å². The Balaban J connectivity index is 2.83. The van der Waals surface area contributed by atoms with E-state index in [1.54, 1.807) is 0 Å². The third-order valence-corrected chi connectivity index (χ3v) is 0.744. The smallest absolute Gasteiger partial charge is 0.0307 e. The molecule has 4 N–H and O–H groups in total. The van der Waals surface area contributed by atoms with Crippen molar-refractivity contribution in [1.82, 2.24) is 10.9 Å². The molecule has 3 heteroatoms. The maximum absolute atomic E-state index is 5.26. The Morgan fingerprint density at radius 1 is 1.71 bits per heavy atom. The molecule has 0 aliphatic rings. The summed E-state index contributed by atoms with van der Waals surface area (Å²) in [5.41, 5.74) is 11.0. The molecule has 0 unspecified atom stereocenters. The molecule has 0 aromatic carbocycles. The summed E-state index contributed by atoms with van der Waals surface area (Å²) < 4.78 is 0. The average molecular weight is 103 g/mol. The molecule has 0 aliphatic heterocycles. The van der Waals surface area contributed by atoms with Crippen LogP contribution in [0.4, 0.5) is 0 Å². The van der Waals surface area contributed by atoms with Gasteiger partial charge in [0, 0.05) is 12.6 Å². The third kappa shape index (κ3) is 3.72. The molecule has 0 fully saturated rings. The van der Waals surface area contributed by atoms with E-state index in [1.165, 1.54) is 0 Å². The Morgan fingerprint density at radius 3 is 2.43 bits per heavy atom. The number of nitrogens with one attached hydrogen (secondary N) is 2. The molecule has 0 aromatic heterocycles. The maximum atomic E-state index is 5.26. The van der Waals surface area contributed by atoms with Crippen molar-refractivity contribution in [1.29, 1.82) is 0 Å². The van der Waals surface area contributed by atoms with Crippen LogP contribution in [0.25, 0.3) is 0 Å². The molecule has 3 nitrogen and oxygen atoms in total. The lowest BCUT2D eigenvalue weighted by atomic mass is 10.4. The summed E-state index contributed by atoms with van der Waals surface area (Å²) in [7, 11) is 1.83. The van der Waals surface area contributed by atoms with Crippen LogP contribution < -0.4 is 16.6 Å². The van der Waals surface area contributed by atoms with Gasteiger partial charge < -0.3 is 5.73 Å². The van der Waals surface area contributed by atoms with Gasteiger partial charge in [0.25, 0.3) is 0 Å². The first-order valence-corrected chi connectivity index (χ1v) is 2.43. The first-order chi connectivity index (χ1) is 3.31. The fourth-order valence-corrected chi connectivity index (χ4v) is 0.305. The molecule has 0 heterocycles. The highest BCUT2D eigenvalue weighted by atomic mass is 15.3. The topological polar surface area (TPSA) is 50.1 Å². The summed E-state index contributed by atoms with van der Waals surface area (Å²) >= 11 is 0. The van der Waals surface area contributed by atoms with Gasteiger partial charge in [-0.1, -0.05) is 0 Å². The highest BCUT2D eigenvalue weighted by Gasteiger charge is 1.90. The minimum Gasteiger partial charge on any atom is -0.329 e. The highest BCUT2D eigenvalue weighted by Crippen LogP contribution is 1.67. The second kappa shape index (κ2) is 4.05. The molecule has 0 amide bonds. The van der Waals surface area contributed by atoms with Crippen LogP contribution in [0.1, 0.15) is 6.92 Å². The van der Waals surface area contributed by atoms with Crippen LogP contribution in [-0.2, 0) is 0 Å². The van der Waals surface area contributed by atoms with E-state index in [2.05, 4.69) is 10.9 Å². The van der Waals surface area contributed by atoms with Crippen LogP contribution in [-0.4, -0.2) is 19.6 Å². The van der Waals surface area contributed by atoms with E-state index >= 15 is 0 Å². The summed E-state index contributed by atoms with van der Waals surface area (Å²) in [4.78, 5) is 0. The van der Waals surface area contributed by atoms with Crippen molar-refractivity contribution >= 4 is 0 Å². The molecule has 0 saturated carbocycles. The fraction of sp³-hybridized carbons (Fsp3) is 1.00. The van der Waals surface area contributed by atoms with Crippen LogP contribution in [0.5, 0.6) is 0 Å². The number of nitrogens with two attached hydrogens (primary N) is 1. The van der Waals surface area contributed by atoms with Crippen molar-refractivity contribution in [2.45, 2.75) is 13.0 Å². The number of hydrogen-bond acceptors (Lipinski definition) is 3. The van der Waals surface area contributed by atoms with E-state index in [1.807, 2.05) is 14.0 Å². The van der Waals surface area contributed by atoms with Crippen molar-refractivity contribution in [3.63, 3.8) is 0 Å². The Morgan fingerprint density at radius 2 is 2.29 bits per heavy atom. The standard InChI is InChI=1S/C4H13N3/c1-4(3-5)7-6-2/h4,6-7H,3,5H2,1-2H3/t4-/m0/s1. The minimum atomic E-state index is 0.366. The molecule has 44 valence electrons. The van der Waals surface area contributed by atoms with Crippen LogP contribution in [0.3, 0.4) is 0 Å². The van der Waals surface area contributed by atoms with E-state index < -0.39 is 0 Å². The van der Waals surface area contributed by atoms with Crippen LogP contribution in [0.2, 0.25) is 0 Å². The summed E-state index contributed by atoms with van der Waals surface area (Å²) in [6.45, 7) is 2.68. The number of hydrazine groups is 1. The first kappa shape index (κ1) is 6.88. The monoisotopic (exact) mass is 103 g/mol. The fourth-order valence-electron chi connectivity index (χ4n) is 0.305. The van der Waals surface area contributed by atoms with E-state index in [4.69, 9.17) is 5.73 Å². The van der Waals surface area contributed by atoms with Crippen LogP contribution >= 0.6 is 0 Å². The highest BCUT2D eigenvalue weighted by molar-refractivity contribution is 4.53. The van der Waals surface area contributed by atoms with Gasteiger partial charge in [0.15, 0.2) is 0 Å². The lowest BCUT2D eigenvalue weighted by Gasteiger charge is -2.07. The van der Waals surface area contributed by atoms with Gasteiger partial charge in [-0.25, -0.2) is 0 Å². The zero-order valence-electron chi connectivity index (χ0n) is 4.86. The molecular weight excluding hydrogens is 90.1 g/mol. The largest absolute Gasteiger partial charge is 0.329 e. The van der Waals surface area contributed by atoms with Gasteiger partial charge in [-0.05, 0) is 14.0 Å². The Bertz CT molecular complexity index is 37.9.